The number of phenolic OH excluding ortho intramolecular Hbond substituents is 1. The fraction of sp³-hybridized carbons (Fsp3) is 0.227. The molecule has 2 aromatic rings. The Morgan fingerprint density at radius 3 is 2.39 bits per heavy atom. The molecule has 1 atom stereocenters. The minimum atomic E-state index is -0.234. The van der Waals surface area contributed by atoms with Crippen LogP contribution in [-0.4, -0.2) is 54.4 Å². The molecule has 3 rings (SSSR count). The number of hydrogen-bond donors (Lipinski definition) is 3. The fourth-order valence-corrected chi connectivity index (χ4v) is 2.97. The van der Waals surface area contributed by atoms with Crippen molar-refractivity contribution in [3.8, 4) is 5.75 Å². The lowest BCUT2D eigenvalue weighted by Crippen LogP contribution is -2.31. The number of aliphatic hydroxyl groups is 1. The van der Waals surface area contributed by atoms with Gasteiger partial charge in [0.05, 0.1) is 6.61 Å². The highest BCUT2D eigenvalue weighted by Gasteiger charge is 2.29. The molecule has 0 spiro atoms. The van der Waals surface area contributed by atoms with Crippen LogP contribution >= 0.6 is 0 Å². The van der Waals surface area contributed by atoms with E-state index in [0.717, 1.165) is 16.8 Å². The first-order valence-electron chi connectivity index (χ1n) is 9.12. The van der Waals surface area contributed by atoms with E-state index < -0.39 is 0 Å². The number of carbonyl (C=O) groups is 1. The van der Waals surface area contributed by atoms with Crippen LogP contribution in [0.2, 0.25) is 0 Å². The molecule has 1 fully saturated rings. The van der Waals surface area contributed by atoms with Gasteiger partial charge in [0.15, 0.2) is 0 Å². The van der Waals surface area contributed by atoms with E-state index in [2.05, 4.69) is 5.32 Å². The number of anilines is 1. The third-order valence-corrected chi connectivity index (χ3v) is 4.72. The number of amides is 1. The van der Waals surface area contributed by atoms with Crippen LogP contribution in [0.3, 0.4) is 0 Å². The van der Waals surface area contributed by atoms with E-state index in [-0.39, 0.29) is 24.4 Å². The van der Waals surface area contributed by atoms with Crippen LogP contribution in [-0.2, 0) is 4.79 Å². The summed E-state index contributed by atoms with van der Waals surface area (Å²) in [6.45, 7) is 0.673. The molecular formula is C22H25N3O3. The van der Waals surface area contributed by atoms with Crippen molar-refractivity contribution in [2.45, 2.75) is 6.17 Å². The van der Waals surface area contributed by atoms with Crippen LogP contribution in [0.4, 0.5) is 5.69 Å². The zero-order valence-corrected chi connectivity index (χ0v) is 16.0. The van der Waals surface area contributed by atoms with Crippen molar-refractivity contribution in [3.05, 3.63) is 71.4 Å². The lowest BCUT2D eigenvalue weighted by Gasteiger charge is -2.17. The second kappa shape index (κ2) is 8.63. The zero-order chi connectivity index (χ0) is 20.1. The molecule has 1 aliphatic rings. The maximum absolute atomic E-state index is 12.5. The number of rotatable bonds is 6. The van der Waals surface area contributed by atoms with Gasteiger partial charge in [-0.1, -0.05) is 30.3 Å². The second-order valence-corrected chi connectivity index (χ2v) is 6.75. The average molecular weight is 379 g/mol. The van der Waals surface area contributed by atoms with Gasteiger partial charge in [-0.25, -0.2) is 0 Å². The topological polar surface area (TPSA) is 76.0 Å². The van der Waals surface area contributed by atoms with E-state index in [4.69, 9.17) is 5.11 Å². The first-order chi connectivity index (χ1) is 13.5. The standard InChI is InChI=1S/C22H25N3O3/c1-24(13-14-26)18-8-3-17(4-9-18)15-20-22(28)25(2)21(23-20)12-7-16-5-10-19(27)11-6-16/h3-12,15,21,23,26-27H,13-14H2,1-2H3/b12-7+,20-15-. The highest BCUT2D eigenvalue weighted by Crippen LogP contribution is 2.20. The number of hydrogen-bond acceptors (Lipinski definition) is 5. The summed E-state index contributed by atoms with van der Waals surface area (Å²) in [7, 11) is 3.68. The Morgan fingerprint density at radius 2 is 1.75 bits per heavy atom. The van der Waals surface area contributed by atoms with Gasteiger partial charge >= 0.3 is 0 Å². The van der Waals surface area contributed by atoms with Gasteiger partial charge in [-0.05, 0) is 47.5 Å². The number of nitrogens with one attached hydrogen (secondary N) is 1. The van der Waals surface area contributed by atoms with Crippen molar-refractivity contribution in [3.63, 3.8) is 0 Å². The Labute approximate surface area is 165 Å². The summed E-state index contributed by atoms with van der Waals surface area (Å²) in [5.41, 5.74) is 3.42. The van der Waals surface area contributed by atoms with Crippen molar-refractivity contribution in [2.75, 3.05) is 32.1 Å². The maximum Gasteiger partial charge on any atom is 0.271 e. The van der Waals surface area contributed by atoms with E-state index in [0.29, 0.717) is 12.2 Å². The molecule has 0 saturated carbocycles. The Kier molecular flexibility index (Phi) is 6.01. The fourth-order valence-electron chi connectivity index (χ4n) is 2.97. The molecule has 0 aliphatic carbocycles. The van der Waals surface area contributed by atoms with Crippen LogP contribution in [0.1, 0.15) is 11.1 Å². The molecule has 2 aromatic carbocycles. The zero-order valence-electron chi connectivity index (χ0n) is 16.0. The summed E-state index contributed by atoms with van der Waals surface area (Å²) in [6.07, 6.45) is 5.43. The van der Waals surface area contributed by atoms with E-state index in [9.17, 15) is 9.90 Å². The Morgan fingerprint density at radius 1 is 1.11 bits per heavy atom. The van der Waals surface area contributed by atoms with Crippen molar-refractivity contribution >= 4 is 23.7 Å². The molecule has 1 amide bonds. The van der Waals surface area contributed by atoms with E-state index in [1.807, 2.05) is 66.6 Å². The first-order valence-corrected chi connectivity index (χ1v) is 9.12. The van der Waals surface area contributed by atoms with Crippen LogP contribution < -0.4 is 10.2 Å². The summed E-state index contributed by atoms with van der Waals surface area (Å²) in [6, 6.07) is 14.7. The third-order valence-electron chi connectivity index (χ3n) is 4.72. The van der Waals surface area contributed by atoms with Crippen molar-refractivity contribution in [2.24, 2.45) is 0 Å². The molecule has 1 saturated heterocycles. The largest absolute Gasteiger partial charge is 0.508 e. The predicted molar refractivity (Wildman–Crippen MR) is 112 cm³/mol. The average Bonchev–Trinajstić information content (AvgIpc) is 2.96. The summed E-state index contributed by atoms with van der Waals surface area (Å²) in [4.78, 5) is 16.1. The van der Waals surface area contributed by atoms with Gasteiger partial charge in [0.25, 0.3) is 5.91 Å². The SMILES string of the molecule is CN(CCO)c1ccc(/C=C2\NC(/C=C/c3ccc(O)cc3)N(C)C2=O)cc1. The molecule has 3 N–H and O–H groups in total. The Hall–Kier alpha value is -3.25. The van der Waals surface area contributed by atoms with Gasteiger partial charge < -0.3 is 25.3 Å². The number of aliphatic hydroxyl groups excluding tert-OH is 1. The van der Waals surface area contributed by atoms with E-state index in [1.165, 1.54) is 0 Å². The Bertz CT molecular complexity index is 873. The van der Waals surface area contributed by atoms with Gasteiger partial charge in [-0.15, -0.1) is 0 Å². The monoisotopic (exact) mass is 379 g/mol. The maximum atomic E-state index is 12.5. The molecule has 0 aromatic heterocycles. The molecule has 0 radical (unpaired) electrons. The summed E-state index contributed by atoms with van der Waals surface area (Å²) in [5.74, 6) is 0.157. The molecule has 1 heterocycles. The minimum Gasteiger partial charge on any atom is -0.508 e. The lowest BCUT2D eigenvalue weighted by atomic mass is 10.1. The highest BCUT2D eigenvalue weighted by atomic mass is 16.3. The number of phenols is 1. The number of likely N-dealkylation sites (N-methyl/N-ethyl adjacent to an activating group) is 2. The van der Waals surface area contributed by atoms with Crippen LogP contribution in [0.5, 0.6) is 5.75 Å². The molecule has 0 bridgehead atoms. The van der Waals surface area contributed by atoms with Gasteiger partial charge in [-0.3, -0.25) is 4.79 Å². The van der Waals surface area contributed by atoms with Crippen LogP contribution in [0, 0.1) is 0 Å². The van der Waals surface area contributed by atoms with Gasteiger partial charge in [0, 0.05) is 26.3 Å². The number of carbonyl (C=O) groups excluding carboxylic acids is 1. The number of aromatic hydroxyl groups is 1. The highest BCUT2D eigenvalue weighted by molar-refractivity contribution is 5.99. The smallest absolute Gasteiger partial charge is 0.271 e. The molecule has 146 valence electrons. The van der Waals surface area contributed by atoms with Crippen molar-refractivity contribution in [1.29, 1.82) is 0 Å². The molecule has 1 unspecified atom stereocenters. The molecular weight excluding hydrogens is 354 g/mol. The Balaban J connectivity index is 1.71. The molecule has 1 aliphatic heterocycles. The van der Waals surface area contributed by atoms with E-state index >= 15 is 0 Å². The quantitative estimate of drug-likeness (QED) is 0.672. The van der Waals surface area contributed by atoms with Gasteiger partial charge in [0.2, 0.25) is 0 Å². The molecule has 6 nitrogen and oxygen atoms in total. The second-order valence-electron chi connectivity index (χ2n) is 6.75. The summed E-state index contributed by atoms with van der Waals surface area (Å²) >= 11 is 0. The van der Waals surface area contributed by atoms with Crippen molar-refractivity contribution < 1.29 is 15.0 Å². The lowest BCUT2D eigenvalue weighted by molar-refractivity contribution is -0.124. The summed E-state index contributed by atoms with van der Waals surface area (Å²) in [5, 5.41) is 21.6. The van der Waals surface area contributed by atoms with Crippen molar-refractivity contribution in [1.82, 2.24) is 10.2 Å². The predicted octanol–water partition coefficient (Wildman–Crippen LogP) is 2.26. The van der Waals surface area contributed by atoms with Crippen LogP contribution in [0.25, 0.3) is 12.2 Å². The van der Waals surface area contributed by atoms with Gasteiger partial charge in [0.1, 0.15) is 17.6 Å². The third kappa shape index (κ3) is 4.53. The van der Waals surface area contributed by atoms with Crippen LogP contribution in [0.15, 0.2) is 60.3 Å². The summed E-state index contributed by atoms with van der Waals surface area (Å²) < 4.78 is 0. The number of benzene rings is 2. The molecule has 6 heteroatoms. The normalized spacial score (nSPS) is 18.1. The molecule has 28 heavy (non-hydrogen) atoms. The first kappa shape index (κ1) is 19.5. The minimum absolute atomic E-state index is 0.0677. The number of nitrogens with zero attached hydrogens (tertiary/aromatic N) is 2. The van der Waals surface area contributed by atoms with E-state index in [1.54, 1.807) is 24.1 Å². The van der Waals surface area contributed by atoms with Gasteiger partial charge in [-0.2, -0.15) is 0 Å².